The predicted octanol–water partition coefficient (Wildman–Crippen LogP) is 2.82. The molecular formula is C14H27NO3. The van der Waals surface area contributed by atoms with Crippen molar-refractivity contribution in [2.24, 2.45) is 11.8 Å². The highest BCUT2D eigenvalue weighted by molar-refractivity contribution is 5.76. The zero-order valence-corrected chi connectivity index (χ0v) is 11.9. The summed E-state index contributed by atoms with van der Waals surface area (Å²) >= 11 is 0. The Kier molecular flexibility index (Phi) is 9.33. The van der Waals surface area contributed by atoms with E-state index in [2.05, 4.69) is 19.2 Å². The van der Waals surface area contributed by atoms with E-state index in [1.165, 1.54) is 6.42 Å². The predicted molar refractivity (Wildman–Crippen MR) is 72.3 cm³/mol. The van der Waals surface area contributed by atoms with Crippen LogP contribution in [0.1, 0.15) is 59.3 Å². The van der Waals surface area contributed by atoms with Crippen LogP contribution < -0.4 is 5.32 Å². The first-order valence-electron chi connectivity index (χ1n) is 6.98. The molecule has 0 heterocycles. The lowest BCUT2D eigenvalue weighted by atomic mass is 9.95. The molecule has 0 saturated carbocycles. The van der Waals surface area contributed by atoms with E-state index in [4.69, 9.17) is 5.11 Å². The lowest BCUT2D eigenvalue weighted by molar-refractivity contribution is -0.138. The first-order chi connectivity index (χ1) is 8.49. The second-order valence-corrected chi connectivity index (χ2v) is 5.13. The Morgan fingerprint density at radius 3 is 2.39 bits per heavy atom. The standard InChI is InChI=1S/C14H27NO3/c1-4-6-7-12(5-2)9-13(16)15-10-11(3)8-14(17)18/h11-12H,4-10H2,1-3H3,(H,15,16)(H,17,18). The lowest BCUT2D eigenvalue weighted by Gasteiger charge is -2.15. The van der Waals surface area contributed by atoms with Crippen LogP contribution in [-0.2, 0) is 9.59 Å². The fraction of sp³-hybridized carbons (Fsp3) is 0.857. The smallest absolute Gasteiger partial charge is 0.303 e. The third kappa shape index (κ3) is 9.02. The van der Waals surface area contributed by atoms with Gasteiger partial charge in [0, 0.05) is 19.4 Å². The molecule has 0 aromatic carbocycles. The summed E-state index contributed by atoms with van der Waals surface area (Å²) in [6, 6.07) is 0. The van der Waals surface area contributed by atoms with Crippen molar-refractivity contribution in [2.45, 2.75) is 59.3 Å². The van der Waals surface area contributed by atoms with E-state index in [0.717, 1.165) is 19.3 Å². The third-order valence-corrected chi connectivity index (χ3v) is 3.19. The summed E-state index contributed by atoms with van der Waals surface area (Å²) in [5.74, 6) is -0.316. The zero-order valence-electron chi connectivity index (χ0n) is 11.9. The Morgan fingerprint density at radius 1 is 1.22 bits per heavy atom. The first-order valence-corrected chi connectivity index (χ1v) is 6.98. The zero-order chi connectivity index (χ0) is 14.0. The van der Waals surface area contributed by atoms with Crippen LogP contribution in [0.15, 0.2) is 0 Å². The van der Waals surface area contributed by atoms with Crippen molar-refractivity contribution in [2.75, 3.05) is 6.54 Å². The molecule has 0 saturated heterocycles. The summed E-state index contributed by atoms with van der Waals surface area (Å²) in [6.07, 6.45) is 5.13. The Bertz CT molecular complexity index is 253. The maximum absolute atomic E-state index is 11.7. The number of rotatable bonds is 10. The Morgan fingerprint density at radius 2 is 1.89 bits per heavy atom. The molecule has 0 rings (SSSR count). The van der Waals surface area contributed by atoms with Crippen LogP contribution in [0.4, 0.5) is 0 Å². The topological polar surface area (TPSA) is 66.4 Å². The molecule has 2 unspecified atom stereocenters. The van der Waals surface area contributed by atoms with Gasteiger partial charge >= 0.3 is 5.97 Å². The highest BCUT2D eigenvalue weighted by Crippen LogP contribution is 2.16. The van der Waals surface area contributed by atoms with Gasteiger partial charge < -0.3 is 10.4 Å². The lowest BCUT2D eigenvalue weighted by Crippen LogP contribution is -2.30. The maximum Gasteiger partial charge on any atom is 0.303 e. The van der Waals surface area contributed by atoms with Gasteiger partial charge in [0.1, 0.15) is 0 Å². The summed E-state index contributed by atoms with van der Waals surface area (Å²) < 4.78 is 0. The molecule has 0 bridgehead atoms. The van der Waals surface area contributed by atoms with Crippen LogP contribution in [0.3, 0.4) is 0 Å². The van der Waals surface area contributed by atoms with Crippen molar-refractivity contribution in [1.82, 2.24) is 5.32 Å². The fourth-order valence-electron chi connectivity index (χ4n) is 1.94. The number of carboxylic acid groups (broad SMARTS) is 1. The number of hydrogen-bond acceptors (Lipinski definition) is 2. The molecular weight excluding hydrogens is 230 g/mol. The van der Waals surface area contributed by atoms with Gasteiger partial charge in [0.15, 0.2) is 0 Å². The molecule has 0 aromatic rings. The summed E-state index contributed by atoms with van der Waals surface area (Å²) in [4.78, 5) is 22.2. The van der Waals surface area contributed by atoms with E-state index in [-0.39, 0.29) is 18.2 Å². The quantitative estimate of drug-likeness (QED) is 0.632. The van der Waals surface area contributed by atoms with E-state index in [0.29, 0.717) is 18.9 Å². The van der Waals surface area contributed by atoms with Crippen LogP contribution >= 0.6 is 0 Å². The van der Waals surface area contributed by atoms with Gasteiger partial charge in [0.2, 0.25) is 5.91 Å². The summed E-state index contributed by atoms with van der Waals surface area (Å²) in [5, 5.41) is 11.4. The van der Waals surface area contributed by atoms with Gasteiger partial charge in [0.05, 0.1) is 0 Å². The van der Waals surface area contributed by atoms with Gasteiger partial charge in [-0.25, -0.2) is 0 Å². The molecule has 0 aliphatic carbocycles. The molecule has 18 heavy (non-hydrogen) atoms. The van der Waals surface area contributed by atoms with Gasteiger partial charge in [-0.3, -0.25) is 9.59 Å². The van der Waals surface area contributed by atoms with Crippen molar-refractivity contribution in [3.8, 4) is 0 Å². The van der Waals surface area contributed by atoms with Gasteiger partial charge in [0.25, 0.3) is 0 Å². The van der Waals surface area contributed by atoms with Crippen molar-refractivity contribution < 1.29 is 14.7 Å². The number of nitrogens with one attached hydrogen (secondary N) is 1. The number of unbranched alkanes of at least 4 members (excludes halogenated alkanes) is 1. The summed E-state index contributed by atoms with van der Waals surface area (Å²) in [5.41, 5.74) is 0. The van der Waals surface area contributed by atoms with Crippen molar-refractivity contribution in [1.29, 1.82) is 0 Å². The minimum atomic E-state index is -0.814. The first kappa shape index (κ1) is 16.9. The molecule has 4 heteroatoms. The highest BCUT2D eigenvalue weighted by atomic mass is 16.4. The SMILES string of the molecule is CCCCC(CC)CC(=O)NCC(C)CC(=O)O. The Balaban J connectivity index is 3.83. The molecule has 0 aliphatic rings. The molecule has 0 aliphatic heterocycles. The molecule has 0 aromatic heterocycles. The molecule has 0 fully saturated rings. The average Bonchev–Trinajstić information content (AvgIpc) is 2.31. The van der Waals surface area contributed by atoms with Gasteiger partial charge in [-0.05, 0) is 18.3 Å². The number of carbonyl (C=O) groups excluding carboxylic acids is 1. The van der Waals surface area contributed by atoms with Crippen LogP contribution in [0, 0.1) is 11.8 Å². The van der Waals surface area contributed by atoms with Gasteiger partial charge in [-0.15, -0.1) is 0 Å². The number of hydrogen-bond donors (Lipinski definition) is 2. The Labute approximate surface area is 110 Å². The molecule has 106 valence electrons. The summed E-state index contributed by atoms with van der Waals surface area (Å²) in [7, 11) is 0. The van der Waals surface area contributed by atoms with Crippen LogP contribution in [0.5, 0.6) is 0 Å². The molecule has 4 nitrogen and oxygen atoms in total. The van der Waals surface area contributed by atoms with E-state index in [1.807, 2.05) is 6.92 Å². The largest absolute Gasteiger partial charge is 0.481 e. The second kappa shape index (κ2) is 9.92. The third-order valence-electron chi connectivity index (χ3n) is 3.19. The fourth-order valence-corrected chi connectivity index (χ4v) is 1.94. The molecule has 2 N–H and O–H groups in total. The molecule has 1 amide bonds. The van der Waals surface area contributed by atoms with E-state index in [1.54, 1.807) is 0 Å². The van der Waals surface area contributed by atoms with E-state index >= 15 is 0 Å². The number of carbonyl (C=O) groups is 2. The van der Waals surface area contributed by atoms with E-state index in [9.17, 15) is 9.59 Å². The van der Waals surface area contributed by atoms with Gasteiger partial charge in [-0.2, -0.15) is 0 Å². The van der Waals surface area contributed by atoms with Crippen LogP contribution in [0.25, 0.3) is 0 Å². The number of amides is 1. The average molecular weight is 257 g/mol. The molecule has 0 radical (unpaired) electrons. The van der Waals surface area contributed by atoms with Crippen molar-refractivity contribution in [3.63, 3.8) is 0 Å². The van der Waals surface area contributed by atoms with Gasteiger partial charge in [-0.1, -0.05) is 40.0 Å². The molecule has 0 spiro atoms. The second-order valence-electron chi connectivity index (χ2n) is 5.13. The van der Waals surface area contributed by atoms with Crippen molar-refractivity contribution >= 4 is 11.9 Å². The minimum absolute atomic E-state index is 0.0119. The maximum atomic E-state index is 11.7. The molecule has 2 atom stereocenters. The minimum Gasteiger partial charge on any atom is -0.481 e. The number of carboxylic acids is 1. The van der Waals surface area contributed by atoms with Crippen molar-refractivity contribution in [3.05, 3.63) is 0 Å². The normalized spacial score (nSPS) is 13.9. The van der Waals surface area contributed by atoms with E-state index < -0.39 is 5.97 Å². The monoisotopic (exact) mass is 257 g/mol. The summed E-state index contributed by atoms with van der Waals surface area (Å²) in [6.45, 7) is 6.55. The van der Waals surface area contributed by atoms with Crippen LogP contribution in [-0.4, -0.2) is 23.5 Å². The Hall–Kier alpha value is -1.06. The highest BCUT2D eigenvalue weighted by Gasteiger charge is 2.13. The van der Waals surface area contributed by atoms with Crippen LogP contribution in [0.2, 0.25) is 0 Å². The number of aliphatic carboxylic acids is 1.